The Morgan fingerprint density at radius 2 is 1.68 bits per heavy atom. The molecule has 0 aliphatic heterocycles. The molecule has 0 unspecified atom stereocenters. The fourth-order valence-corrected chi connectivity index (χ4v) is 5.89. The second-order valence-electron chi connectivity index (χ2n) is 9.23. The maximum absolute atomic E-state index is 13.7. The molecule has 7 nitrogen and oxygen atoms in total. The zero-order valence-corrected chi connectivity index (χ0v) is 25.5. The van der Waals surface area contributed by atoms with E-state index < -0.39 is 0 Å². The van der Waals surface area contributed by atoms with Crippen LogP contribution in [0.2, 0.25) is 0 Å². The van der Waals surface area contributed by atoms with E-state index in [2.05, 4.69) is 19.1 Å². The standard InChI is InChI=1S/C31H40N2O5S2/c1-5-38-19-9-17-32(31(35)23-39-26-10-7-6-8-11-26)22-30(34)33(21-27-14-12-24(2)40-27)18-16-25-13-15-28(36-3)29(20-25)37-4/h6-8,10-15,20H,5,9,16-19,21-23H2,1-4H3. The Kier molecular flexibility index (Phi) is 13.4. The Morgan fingerprint density at radius 3 is 2.35 bits per heavy atom. The predicted octanol–water partition coefficient (Wildman–Crippen LogP) is 5.69. The van der Waals surface area contributed by atoms with E-state index in [1.165, 1.54) is 16.6 Å². The smallest absolute Gasteiger partial charge is 0.242 e. The average Bonchev–Trinajstić information content (AvgIpc) is 3.40. The van der Waals surface area contributed by atoms with Crippen LogP contribution in [0.1, 0.15) is 28.7 Å². The Morgan fingerprint density at radius 1 is 0.900 bits per heavy atom. The van der Waals surface area contributed by atoms with Gasteiger partial charge in [-0.05, 0) is 68.7 Å². The van der Waals surface area contributed by atoms with Gasteiger partial charge in [0, 0.05) is 41.0 Å². The summed E-state index contributed by atoms with van der Waals surface area (Å²) in [6.07, 6.45) is 1.33. The van der Waals surface area contributed by atoms with Crippen LogP contribution in [-0.2, 0) is 27.3 Å². The molecule has 0 bridgehead atoms. The summed E-state index contributed by atoms with van der Waals surface area (Å²) >= 11 is 3.17. The van der Waals surface area contributed by atoms with Crippen molar-refractivity contribution in [3.63, 3.8) is 0 Å². The normalized spacial score (nSPS) is 10.8. The first-order valence-corrected chi connectivity index (χ1v) is 15.3. The van der Waals surface area contributed by atoms with Gasteiger partial charge in [0.15, 0.2) is 11.5 Å². The van der Waals surface area contributed by atoms with Crippen LogP contribution in [0, 0.1) is 6.92 Å². The van der Waals surface area contributed by atoms with E-state index in [0.717, 1.165) is 15.3 Å². The molecule has 0 N–H and O–H groups in total. The summed E-state index contributed by atoms with van der Waals surface area (Å²) in [7, 11) is 3.23. The van der Waals surface area contributed by atoms with E-state index in [4.69, 9.17) is 14.2 Å². The van der Waals surface area contributed by atoms with Crippen LogP contribution in [0.5, 0.6) is 11.5 Å². The molecule has 3 aromatic rings. The molecule has 0 radical (unpaired) electrons. The largest absolute Gasteiger partial charge is 0.493 e. The summed E-state index contributed by atoms with van der Waals surface area (Å²) in [5.74, 6) is 1.49. The molecule has 0 atom stereocenters. The molecule has 1 heterocycles. The number of benzene rings is 2. The lowest BCUT2D eigenvalue weighted by Crippen LogP contribution is -2.44. The van der Waals surface area contributed by atoms with Gasteiger partial charge >= 0.3 is 0 Å². The molecule has 9 heteroatoms. The van der Waals surface area contributed by atoms with Gasteiger partial charge < -0.3 is 24.0 Å². The van der Waals surface area contributed by atoms with Gasteiger partial charge in [-0.25, -0.2) is 0 Å². The number of thioether (sulfide) groups is 1. The molecule has 216 valence electrons. The summed E-state index contributed by atoms with van der Waals surface area (Å²) < 4.78 is 16.3. The molecule has 2 amide bonds. The number of rotatable bonds is 17. The summed E-state index contributed by atoms with van der Waals surface area (Å²) in [4.78, 5) is 33.9. The first-order valence-electron chi connectivity index (χ1n) is 13.5. The predicted molar refractivity (Wildman–Crippen MR) is 163 cm³/mol. The van der Waals surface area contributed by atoms with Gasteiger partial charge in [-0.3, -0.25) is 9.59 Å². The highest BCUT2D eigenvalue weighted by molar-refractivity contribution is 8.00. The average molecular weight is 585 g/mol. The number of carbonyl (C=O) groups is 2. The Bertz CT molecular complexity index is 1200. The maximum Gasteiger partial charge on any atom is 0.242 e. The summed E-state index contributed by atoms with van der Waals surface area (Å²) in [5, 5.41) is 0. The minimum atomic E-state index is -0.0685. The van der Waals surface area contributed by atoms with Crippen molar-refractivity contribution < 1.29 is 23.8 Å². The Hall–Kier alpha value is -3.01. The fraction of sp³-hybridized carbons (Fsp3) is 0.419. The van der Waals surface area contributed by atoms with E-state index in [-0.39, 0.29) is 24.1 Å². The fourth-order valence-electron chi connectivity index (χ4n) is 4.16. The third kappa shape index (κ3) is 10.2. The molecule has 1 aromatic heterocycles. The van der Waals surface area contributed by atoms with E-state index in [9.17, 15) is 9.59 Å². The van der Waals surface area contributed by atoms with Gasteiger partial charge in [0.25, 0.3) is 0 Å². The zero-order chi connectivity index (χ0) is 28.7. The minimum absolute atomic E-state index is 0.0383. The topological polar surface area (TPSA) is 68.3 Å². The maximum atomic E-state index is 13.7. The van der Waals surface area contributed by atoms with Crippen LogP contribution < -0.4 is 9.47 Å². The Labute approximate surface area is 246 Å². The molecule has 0 saturated carbocycles. The molecule has 3 rings (SSSR count). The second kappa shape index (κ2) is 16.9. The molecule has 2 aromatic carbocycles. The molecule has 40 heavy (non-hydrogen) atoms. The van der Waals surface area contributed by atoms with Crippen molar-refractivity contribution in [3.05, 3.63) is 76.0 Å². The monoisotopic (exact) mass is 584 g/mol. The van der Waals surface area contributed by atoms with Gasteiger partial charge in [0.2, 0.25) is 11.8 Å². The van der Waals surface area contributed by atoms with E-state index in [1.54, 1.807) is 30.5 Å². The molecule has 0 aliphatic rings. The van der Waals surface area contributed by atoms with E-state index in [1.807, 2.05) is 60.4 Å². The molecule has 0 saturated heterocycles. The first kappa shape index (κ1) is 31.5. The molecular formula is C31H40N2O5S2. The Balaban J connectivity index is 1.72. The van der Waals surface area contributed by atoms with Gasteiger partial charge in [-0.15, -0.1) is 23.1 Å². The summed E-state index contributed by atoms with van der Waals surface area (Å²) in [6.45, 7) is 6.73. The van der Waals surface area contributed by atoms with E-state index >= 15 is 0 Å². The highest BCUT2D eigenvalue weighted by Gasteiger charge is 2.22. The minimum Gasteiger partial charge on any atom is -0.493 e. The van der Waals surface area contributed by atoms with Crippen LogP contribution in [0.25, 0.3) is 0 Å². The van der Waals surface area contributed by atoms with Crippen molar-refractivity contribution in [1.29, 1.82) is 0 Å². The number of carbonyl (C=O) groups excluding carboxylic acids is 2. The number of hydrogen-bond donors (Lipinski definition) is 0. The number of methoxy groups -OCH3 is 2. The quantitative estimate of drug-likeness (QED) is 0.150. The number of hydrogen-bond acceptors (Lipinski definition) is 7. The van der Waals surface area contributed by atoms with Crippen LogP contribution >= 0.6 is 23.1 Å². The van der Waals surface area contributed by atoms with Crippen LogP contribution in [-0.4, -0.2) is 74.4 Å². The SMILES string of the molecule is CCOCCCN(CC(=O)N(CCc1ccc(OC)c(OC)c1)Cc1ccc(C)s1)C(=O)CSc1ccccc1. The van der Waals surface area contributed by atoms with Crippen molar-refractivity contribution >= 4 is 34.9 Å². The summed E-state index contributed by atoms with van der Waals surface area (Å²) in [5.41, 5.74) is 1.04. The lowest BCUT2D eigenvalue weighted by Gasteiger charge is -2.28. The van der Waals surface area contributed by atoms with Crippen molar-refractivity contribution in [2.24, 2.45) is 0 Å². The second-order valence-corrected chi connectivity index (χ2v) is 11.7. The zero-order valence-electron chi connectivity index (χ0n) is 23.9. The van der Waals surface area contributed by atoms with Crippen molar-refractivity contribution in [2.45, 2.75) is 38.1 Å². The number of thiophene rings is 1. The number of aryl methyl sites for hydroxylation is 1. The number of ether oxygens (including phenoxy) is 3. The van der Waals surface area contributed by atoms with Gasteiger partial charge in [-0.2, -0.15) is 0 Å². The van der Waals surface area contributed by atoms with Crippen LogP contribution in [0.15, 0.2) is 65.6 Å². The number of amides is 2. The third-order valence-corrected chi connectivity index (χ3v) is 8.30. The lowest BCUT2D eigenvalue weighted by atomic mass is 10.1. The van der Waals surface area contributed by atoms with Crippen LogP contribution in [0.3, 0.4) is 0 Å². The van der Waals surface area contributed by atoms with Crippen LogP contribution in [0.4, 0.5) is 0 Å². The number of nitrogens with zero attached hydrogens (tertiary/aromatic N) is 2. The summed E-state index contributed by atoms with van der Waals surface area (Å²) in [6, 6.07) is 19.8. The van der Waals surface area contributed by atoms with E-state index in [0.29, 0.717) is 57.2 Å². The third-order valence-electron chi connectivity index (χ3n) is 6.32. The van der Waals surface area contributed by atoms with Gasteiger partial charge in [0.05, 0.1) is 33.1 Å². The van der Waals surface area contributed by atoms with Gasteiger partial charge in [0.1, 0.15) is 0 Å². The highest BCUT2D eigenvalue weighted by atomic mass is 32.2. The van der Waals surface area contributed by atoms with Crippen molar-refractivity contribution in [1.82, 2.24) is 9.80 Å². The van der Waals surface area contributed by atoms with Crippen molar-refractivity contribution in [2.75, 3.05) is 52.8 Å². The van der Waals surface area contributed by atoms with Crippen molar-refractivity contribution in [3.8, 4) is 11.5 Å². The molecule has 0 spiro atoms. The molecule has 0 fully saturated rings. The lowest BCUT2D eigenvalue weighted by molar-refractivity contribution is -0.139. The van der Waals surface area contributed by atoms with Gasteiger partial charge in [-0.1, -0.05) is 24.3 Å². The highest BCUT2D eigenvalue weighted by Crippen LogP contribution is 2.28. The molecule has 0 aliphatic carbocycles. The molecular weight excluding hydrogens is 544 g/mol. The first-order chi connectivity index (χ1) is 19.4.